The maximum atomic E-state index is 9.46. The number of aromatic hydroxyl groups is 2. The topological polar surface area (TPSA) is 64.5 Å². The fourth-order valence-corrected chi connectivity index (χ4v) is 3.47. The first-order chi connectivity index (χ1) is 12.8. The molecule has 0 unspecified atom stereocenters. The van der Waals surface area contributed by atoms with Crippen molar-refractivity contribution in [1.82, 2.24) is 10.6 Å². The molecule has 5 heteroatoms. The summed E-state index contributed by atoms with van der Waals surface area (Å²) >= 11 is 1.98. The molecule has 142 valence electrons. The first-order valence-electron chi connectivity index (χ1n) is 9.29. The molecule has 26 heavy (non-hydrogen) atoms. The Morgan fingerprint density at radius 2 is 1.42 bits per heavy atom. The van der Waals surface area contributed by atoms with Gasteiger partial charge in [0.2, 0.25) is 0 Å². The van der Waals surface area contributed by atoms with E-state index >= 15 is 0 Å². The van der Waals surface area contributed by atoms with Crippen LogP contribution in [0.15, 0.2) is 48.5 Å². The lowest BCUT2D eigenvalue weighted by atomic mass is 10.1. The van der Waals surface area contributed by atoms with Gasteiger partial charge in [0.25, 0.3) is 0 Å². The second-order valence-electron chi connectivity index (χ2n) is 6.27. The zero-order valence-electron chi connectivity index (χ0n) is 15.3. The van der Waals surface area contributed by atoms with Crippen molar-refractivity contribution in [2.24, 2.45) is 0 Å². The van der Waals surface area contributed by atoms with Gasteiger partial charge in [-0.1, -0.05) is 36.4 Å². The van der Waals surface area contributed by atoms with Gasteiger partial charge in [0.1, 0.15) is 0 Å². The molecule has 0 saturated carbocycles. The van der Waals surface area contributed by atoms with Gasteiger partial charge in [0.15, 0.2) is 11.5 Å². The summed E-state index contributed by atoms with van der Waals surface area (Å²) in [5.74, 6) is 2.19. The third-order valence-electron chi connectivity index (χ3n) is 4.13. The van der Waals surface area contributed by atoms with Crippen molar-refractivity contribution in [3.63, 3.8) is 0 Å². The third kappa shape index (κ3) is 8.61. The van der Waals surface area contributed by atoms with Gasteiger partial charge in [-0.05, 0) is 67.9 Å². The quantitative estimate of drug-likeness (QED) is 0.320. The van der Waals surface area contributed by atoms with Gasteiger partial charge in [-0.3, -0.25) is 0 Å². The normalized spacial score (nSPS) is 10.9. The van der Waals surface area contributed by atoms with E-state index in [1.165, 1.54) is 23.8 Å². The highest BCUT2D eigenvalue weighted by Crippen LogP contribution is 2.24. The third-order valence-corrected chi connectivity index (χ3v) is 5.20. The lowest BCUT2D eigenvalue weighted by Crippen LogP contribution is -2.21. The lowest BCUT2D eigenvalue weighted by Gasteiger charge is -2.07. The lowest BCUT2D eigenvalue weighted by molar-refractivity contribution is 0.403. The van der Waals surface area contributed by atoms with E-state index in [2.05, 4.69) is 41.0 Å². The van der Waals surface area contributed by atoms with Crippen LogP contribution >= 0.6 is 11.8 Å². The summed E-state index contributed by atoms with van der Waals surface area (Å²) in [6, 6.07) is 15.6. The van der Waals surface area contributed by atoms with E-state index in [1.807, 2.05) is 17.8 Å². The van der Waals surface area contributed by atoms with Crippen LogP contribution in [0.25, 0.3) is 0 Å². The molecular weight excluding hydrogens is 344 g/mol. The number of hydrogen-bond donors (Lipinski definition) is 4. The molecule has 0 heterocycles. The number of phenolic OH excluding ortho intramolecular Hbond substituents is 2. The minimum absolute atomic E-state index is 0.0459. The molecule has 0 aliphatic heterocycles. The molecule has 2 rings (SSSR count). The van der Waals surface area contributed by atoms with E-state index in [9.17, 15) is 10.2 Å². The van der Waals surface area contributed by atoms with E-state index in [0.717, 1.165) is 50.3 Å². The monoisotopic (exact) mass is 374 g/mol. The molecule has 4 N–H and O–H groups in total. The summed E-state index contributed by atoms with van der Waals surface area (Å²) in [5.41, 5.74) is 2.42. The number of rotatable bonds is 13. The largest absolute Gasteiger partial charge is 0.504 e. The average molecular weight is 375 g/mol. The summed E-state index contributed by atoms with van der Waals surface area (Å²) in [7, 11) is 0. The summed E-state index contributed by atoms with van der Waals surface area (Å²) in [4.78, 5) is 0. The Kier molecular flexibility index (Phi) is 10.0. The van der Waals surface area contributed by atoms with Crippen molar-refractivity contribution < 1.29 is 10.2 Å². The van der Waals surface area contributed by atoms with Crippen molar-refractivity contribution in [1.29, 1.82) is 0 Å². The molecule has 0 radical (unpaired) electrons. The van der Waals surface area contributed by atoms with Crippen molar-refractivity contribution in [2.75, 3.05) is 37.7 Å². The standard InChI is InChI=1S/C21H30N2O2S/c24-20-8-7-19(17-21(20)25)10-13-23-14-16-26-15-4-11-22-12-9-18-5-2-1-3-6-18/h1-3,5-8,17,22-25H,4,9-16H2. The smallest absolute Gasteiger partial charge is 0.157 e. The van der Waals surface area contributed by atoms with Gasteiger partial charge >= 0.3 is 0 Å². The zero-order chi connectivity index (χ0) is 18.5. The van der Waals surface area contributed by atoms with E-state index in [-0.39, 0.29) is 11.5 Å². The van der Waals surface area contributed by atoms with Crippen LogP contribution in [0, 0.1) is 0 Å². The van der Waals surface area contributed by atoms with E-state index < -0.39 is 0 Å². The van der Waals surface area contributed by atoms with Crippen molar-refractivity contribution >= 4 is 11.8 Å². The van der Waals surface area contributed by atoms with Gasteiger partial charge < -0.3 is 20.8 Å². The first kappa shape index (κ1) is 20.6. The number of thioether (sulfide) groups is 1. The molecule has 4 nitrogen and oxygen atoms in total. The fourth-order valence-electron chi connectivity index (χ4n) is 2.63. The predicted octanol–water partition coefficient (Wildman–Crippen LogP) is 3.19. The van der Waals surface area contributed by atoms with Gasteiger partial charge in [-0.15, -0.1) is 0 Å². The van der Waals surface area contributed by atoms with E-state index in [4.69, 9.17) is 0 Å². The molecule has 0 saturated heterocycles. The highest BCUT2D eigenvalue weighted by atomic mass is 32.2. The Labute approximate surface area is 161 Å². The SMILES string of the molecule is Oc1ccc(CCNCCSCCCNCCc2ccccc2)cc1O. The average Bonchev–Trinajstić information content (AvgIpc) is 2.66. The molecule has 0 bridgehead atoms. The number of nitrogens with one attached hydrogen (secondary N) is 2. The van der Waals surface area contributed by atoms with Crippen LogP contribution < -0.4 is 10.6 Å². The molecule has 0 atom stereocenters. The second-order valence-corrected chi connectivity index (χ2v) is 7.50. The molecular formula is C21H30N2O2S. The summed E-state index contributed by atoms with van der Waals surface area (Å²) in [6.45, 7) is 4.00. The molecule has 0 amide bonds. The van der Waals surface area contributed by atoms with E-state index in [1.54, 1.807) is 6.07 Å². The van der Waals surface area contributed by atoms with Crippen molar-refractivity contribution in [2.45, 2.75) is 19.3 Å². The molecule has 0 fully saturated rings. The maximum Gasteiger partial charge on any atom is 0.157 e. The zero-order valence-corrected chi connectivity index (χ0v) is 16.1. The number of phenols is 2. The van der Waals surface area contributed by atoms with Crippen LogP contribution in [0.1, 0.15) is 17.5 Å². The Bertz CT molecular complexity index is 623. The second kappa shape index (κ2) is 12.6. The molecule has 0 spiro atoms. The Morgan fingerprint density at radius 3 is 2.19 bits per heavy atom. The maximum absolute atomic E-state index is 9.46. The summed E-state index contributed by atoms with van der Waals surface area (Å²) in [6.07, 6.45) is 3.15. The fraction of sp³-hybridized carbons (Fsp3) is 0.429. The predicted molar refractivity (Wildman–Crippen MR) is 111 cm³/mol. The Morgan fingerprint density at radius 1 is 0.692 bits per heavy atom. The molecule has 0 aromatic heterocycles. The van der Waals surface area contributed by atoms with Gasteiger partial charge in [-0.25, -0.2) is 0 Å². The van der Waals surface area contributed by atoms with Gasteiger partial charge in [0, 0.05) is 12.3 Å². The first-order valence-corrected chi connectivity index (χ1v) is 10.4. The number of hydrogen-bond acceptors (Lipinski definition) is 5. The Hall–Kier alpha value is -1.69. The van der Waals surface area contributed by atoms with E-state index in [0.29, 0.717) is 0 Å². The summed E-state index contributed by atoms with van der Waals surface area (Å²) < 4.78 is 0. The van der Waals surface area contributed by atoms with Crippen LogP contribution in [-0.4, -0.2) is 47.9 Å². The molecule has 2 aromatic rings. The highest BCUT2D eigenvalue weighted by Gasteiger charge is 2.00. The van der Waals surface area contributed by atoms with Crippen LogP contribution in [0.5, 0.6) is 11.5 Å². The van der Waals surface area contributed by atoms with Gasteiger partial charge in [-0.2, -0.15) is 11.8 Å². The Balaban J connectivity index is 1.36. The van der Waals surface area contributed by atoms with Gasteiger partial charge in [0.05, 0.1) is 0 Å². The molecule has 0 aliphatic carbocycles. The minimum atomic E-state index is -0.0623. The molecule has 0 aliphatic rings. The van der Waals surface area contributed by atoms with Crippen LogP contribution in [0.3, 0.4) is 0 Å². The van der Waals surface area contributed by atoms with Crippen molar-refractivity contribution in [3.05, 3.63) is 59.7 Å². The van der Waals surface area contributed by atoms with Crippen LogP contribution in [0.4, 0.5) is 0 Å². The van der Waals surface area contributed by atoms with Crippen molar-refractivity contribution in [3.8, 4) is 11.5 Å². The number of benzene rings is 2. The highest BCUT2D eigenvalue weighted by molar-refractivity contribution is 7.99. The molecule has 2 aromatic carbocycles. The van der Waals surface area contributed by atoms with Crippen LogP contribution in [0.2, 0.25) is 0 Å². The van der Waals surface area contributed by atoms with Crippen LogP contribution in [-0.2, 0) is 12.8 Å². The minimum Gasteiger partial charge on any atom is -0.504 e. The summed E-state index contributed by atoms with van der Waals surface area (Å²) in [5, 5.41) is 25.7.